The second-order valence-corrected chi connectivity index (χ2v) is 6.70. The van der Waals surface area contributed by atoms with Crippen molar-refractivity contribution in [3.05, 3.63) is 58.6 Å². The first-order valence-electron chi connectivity index (χ1n) is 8.04. The zero-order valence-corrected chi connectivity index (χ0v) is 14.1. The van der Waals surface area contributed by atoms with E-state index in [2.05, 4.69) is 11.0 Å². The SMILES string of the molecule is Cc1ccc(N2C(=O)CC(N3CCc4ccccc43)C2=O)cc1Cl. The lowest BCUT2D eigenvalue weighted by atomic mass is 10.1. The van der Waals surface area contributed by atoms with E-state index < -0.39 is 6.04 Å². The van der Waals surface area contributed by atoms with Crippen molar-refractivity contribution in [1.82, 2.24) is 0 Å². The van der Waals surface area contributed by atoms with Crippen LogP contribution >= 0.6 is 11.6 Å². The molecule has 2 aromatic carbocycles. The smallest absolute Gasteiger partial charge is 0.256 e. The van der Waals surface area contributed by atoms with Gasteiger partial charge in [-0.2, -0.15) is 0 Å². The van der Waals surface area contributed by atoms with E-state index >= 15 is 0 Å². The predicted molar refractivity (Wildman–Crippen MR) is 94.6 cm³/mol. The molecule has 2 amide bonds. The van der Waals surface area contributed by atoms with Gasteiger partial charge in [-0.05, 0) is 42.7 Å². The van der Waals surface area contributed by atoms with Crippen LogP contribution in [0.3, 0.4) is 0 Å². The van der Waals surface area contributed by atoms with Crippen molar-refractivity contribution < 1.29 is 9.59 Å². The first kappa shape index (κ1) is 15.2. The molecule has 0 aromatic heterocycles. The predicted octanol–water partition coefficient (Wildman–Crippen LogP) is 3.34. The van der Waals surface area contributed by atoms with Gasteiger partial charge in [0.25, 0.3) is 5.91 Å². The Morgan fingerprint density at radius 3 is 2.71 bits per heavy atom. The molecule has 1 unspecified atom stereocenters. The van der Waals surface area contributed by atoms with Crippen LogP contribution in [0.1, 0.15) is 17.5 Å². The van der Waals surface area contributed by atoms with Crippen LogP contribution in [0.2, 0.25) is 5.02 Å². The standard InChI is InChI=1S/C19H17ClN2O2/c1-12-6-7-14(10-15(12)20)22-18(23)11-17(19(22)24)21-9-8-13-4-2-3-5-16(13)21/h2-7,10,17H,8-9,11H2,1H3. The van der Waals surface area contributed by atoms with Crippen LogP contribution in [0, 0.1) is 6.92 Å². The van der Waals surface area contributed by atoms with Gasteiger partial charge in [0.2, 0.25) is 5.91 Å². The number of hydrogen-bond acceptors (Lipinski definition) is 3. The molecule has 2 heterocycles. The first-order chi connectivity index (χ1) is 11.6. The van der Waals surface area contributed by atoms with Gasteiger partial charge in [-0.15, -0.1) is 0 Å². The summed E-state index contributed by atoms with van der Waals surface area (Å²) in [6.45, 7) is 2.66. The van der Waals surface area contributed by atoms with Crippen molar-refractivity contribution in [3.8, 4) is 0 Å². The Morgan fingerprint density at radius 2 is 1.92 bits per heavy atom. The highest BCUT2D eigenvalue weighted by Crippen LogP contribution is 2.35. The average Bonchev–Trinajstić information content (AvgIpc) is 3.11. The van der Waals surface area contributed by atoms with E-state index in [9.17, 15) is 9.59 Å². The van der Waals surface area contributed by atoms with E-state index in [1.807, 2.05) is 31.2 Å². The summed E-state index contributed by atoms with van der Waals surface area (Å²) in [4.78, 5) is 28.8. The molecule has 122 valence electrons. The minimum absolute atomic E-state index is 0.170. The van der Waals surface area contributed by atoms with E-state index in [0.717, 1.165) is 24.2 Å². The Hall–Kier alpha value is -2.33. The zero-order chi connectivity index (χ0) is 16.8. The second-order valence-electron chi connectivity index (χ2n) is 6.29. The second kappa shape index (κ2) is 5.64. The fourth-order valence-electron chi connectivity index (χ4n) is 3.54. The lowest BCUT2D eigenvalue weighted by Gasteiger charge is -2.25. The van der Waals surface area contributed by atoms with Crippen molar-refractivity contribution in [2.45, 2.75) is 25.8 Å². The first-order valence-corrected chi connectivity index (χ1v) is 8.41. The van der Waals surface area contributed by atoms with Gasteiger partial charge in [-0.1, -0.05) is 35.9 Å². The van der Waals surface area contributed by atoms with Gasteiger partial charge in [-0.25, -0.2) is 4.90 Å². The van der Waals surface area contributed by atoms with Crippen LogP contribution in [0.15, 0.2) is 42.5 Å². The summed E-state index contributed by atoms with van der Waals surface area (Å²) in [5.74, 6) is -0.342. The number of carbonyl (C=O) groups excluding carboxylic acids is 2. The van der Waals surface area contributed by atoms with Crippen molar-refractivity contribution in [3.63, 3.8) is 0 Å². The molecule has 2 aliphatic heterocycles. The Balaban J connectivity index is 1.66. The Morgan fingerprint density at radius 1 is 1.12 bits per heavy atom. The number of imide groups is 1. The number of rotatable bonds is 2. The maximum atomic E-state index is 12.9. The molecular formula is C19H17ClN2O2. The molecule has 0 aliphatic carbocycles. The van der Waals surface area contributed by atoms with Crippen LogP contribution in [0.25, 0.3) is 0 Å². The summed E-state index contributed by atoms with van der Waals surface area (Å²) >= 11 is 6.16. The normalized spacial score (nSPS) is 20.0. The van der Waals surface area contributed by atoms with E-state index in [0.29, 0.717) is 10.7 Å². The third-order valence-electron chi connectivity index (χ3n) is 4.84. The molecule has 1 fully saturated rings. The molecule has 4 nitrogen and oxygen atoms in total. The van der Waals surface area contributed by atoms with Crippen LogP contribution < -0.4 is 9.80 Å². The quantitative estimate of drug-likeness (QED) is 0.787. The number of para-hydroxylation sites is 1. The van der Waals surface area contributed by atoms with Crippen LogP contribution in [-0.4, -0.2) is 24.4 Å². The highest BCUT2D eigenvalue weighted by Gasteiger charge is 2.44. The van der Waals surface area contributed by atoms with Crippen molar-refractivity contribution in [1.29, 1.82) is 0 Å². The maximum Gasteiger partial charge on any atom is 0.256 e. The number of carbonyl (C=O) groups is 2. The molecule has 0 saturated carbocycles. The van der Waals surface area contributed by atoms with Gasteiger partial charge >= 0.3 is 0 Å². The van der Waals surface area contributed by atoms with E-state index in [4.69, 9.17) is 11.6 Å². The summed E-state index contributed by atoms with van der Waals surface area (Å²) in [6.07, 6.45) is 1.11. The number of aryl methyl sites for hydroxylation is 1. The third kappa shape index (κ3) is 2.29. The number of halogens is 1. The zero-order valence-electron chi connectivity index (χ0n) is 13.3. The molecule has 0 radical (unpaired) electrons. The number of benzene rings is 2. The summed E-state index contributed by atoms with van der Waals surface area (Å²) in [5, 5.41) is 0.558. The van der Waals surface area contributed by atoms with Crippen molar-refractivity contribution >= 4 is 34.8 Å². The van der Waals surface area contributed by atoms with Gasteiger partial charge in [0.05, 0.1) is 12.1 Å². The van der Waals surface area contributed by atoms with Gasteiger partial charge in [0.15, 0.2) is 0 Å². The molecule has 24 heavy (non-hydrogen) atoms. The lowest BCUT2D eigenvalue weighted by Crippen LogP contribution is -2.41. The Kier molecular flexibility index (Phi) is 3.57. The fourth-order valence-corrected chi connectivity index (χ4v) is 3.71. The molecular weight excluding hydrogens is 324 g/mol. The molecule has 2 aromatic rings. The Labute approximate surface area is 145 Å². The highest BCUT2D eigenvalue weighted by molar-refractivity contribution is 6.32. The minimum Gasteiger partial charge on any atom is -0.359 e. The van der Waals surface area contributed by atoms with Crippen molar-refractivity contribution in [2.24, 2.45) is 0 Å². The summed E-state index contributed by atoms with van der Waals surface area (Å²) in [7, 11) is 0. The number of anilines is 2. The number of amides is 2. The topological polar surface area (TPSA) is 40.6 Å². The molecule has 1 atom stereocenters. The molecule has 5 heteroatoms. The van der Waals surface area contributed by atoms with Crippen LogP contribution in [0.4, 0.5) is 11.4 Å². The molecule has 0 spiro atoms. The molecule has 4 rings (SSSR count). The highest BCUT2D eigenvalue weighted by atomic mass is 35.5. The minimum atomic E-state index is -0.429. The molecule has 0 bridgehead atoms. The van der Waals surface area contributed by atoms with Crippen LogP contribution in [-0.2, 0) is 16.0 Å². The van der Waals surface area contributed by atoms with E-state index in [-0.39, 0.29) is 18.2 Å². The van der Waals surface area contributed by atoms with Crippen LogP contribution in [0.5, 0.6) is 0 Å². The fraction of sp³-hybridized carbons (Fsp3) is 0.263. The summed E-state index contributed by atoms with van der Waals surface area (Å²) in [5.41, 5.74) is 3.77. The number of nitrogens with zero attached hydrogens (tertiary/aromatic N) is 2. The third-order valence-corrected chi connectivity index (χ3v) is 5.24. The largest absolute Gasteiger partial charge is 0.359 e. The van der Waals surface area contributed by atoms with Gasteiger partial charge < -0.3 is 4.90 Å². The molecule has 2 aliphatic rings. The van der Waals surface area contributed by atoms with Gasteiger partial charge in [-0.3, -0.25) is 9.59 Å². The lowest BCUT2D eigenvalue weighted by molar-refractivity contribution is -0.121. The Bertz CT molecular complexity index is 849. The summed E-state index contributed by atoms with van der Waals surface area (Å²) < 4.78 is 0. The van der Waals surface area contributed by atoms with E-state index in [1.54, 1.807) is 12.1 Å². The number of hydrogen-bond donors (Lipinski definition) is 0. The summed E-state index contributed by atoms with van der Waals surface area (Å²) in [6, 6.07) is 12.9. The van der Waals surface area contributed by atoms with Crippen molar-refractivity contribution in [2.75, 3.05) is 16.3 Å². The molecule has 0 N–H and O–H groups in total. The van der Waals surface area contributed by atoms with E-state index in [1.165, 1.54) is 10.5 Å². The van der Waals surface area contributed by atoms with Gasteiger partial charge in [0, 0.05) is 17.3 Å². The monoisotopic (exact) mass is 340 g/mol. The van der Waals surface area contributed by atoms with Gasteiger partial charge in [0.1, 0.15) is 6.04 Å². The average molecular weight is 341 g/mol. The maximum absolute atomic E-state index is 12.9. The number of fused-ring (bicyclic) bond motifs is 1. The molecule has 1 saturated heterocycles.